The van der Waals surface area contributed by atoms with Crippen LogP contribution in [0, 0.1) is 5.92 Å². The summed E-state index contributed by atoms with van der Waals surface area (Å²) in [6.07, 6.45) is 1.10. The Kier molecular flexibility index (Phi) is 7.15. The molecule has 0 aromatic carbocycles. The molecule has 0 aliphatic carbocycles. The van der Waals surface area contributed by atoms with E-state index in [0.717, 1.165) is 38.6 Å². The number of ether oxygens (including phenoxy) is 1. The average Bonchev–Trinajstić information content (AvgIpc) is 2.03. The smallest absolute Gasteiger partial charge is 0.0591 e. The molecule has 0 radical (unpaired) electrons. The summed E-state index contributed by atoms with van der Waals surface area (Å²) in [6.45, 7) is 12.3. The summed E-state index contributed by atoms with van der Waals surface area (Å²) >= 11 is 0. The summed E-state index contributed by atoms with van der Waals surface area (Å²) in [6, 6.07) is 0. The topological polar surface area (TPSA) is 47.3 Å². The fraction of sp³-hybridized carbons (Fsp3) is 1.00. The van der Waals surface area contributed by atoms with E-state index in [-0.39, 0.29) is 5.54 Å². The lowest BCUT2D eigenvalue weighted by Gasteiger charge is -2.20. The molecule has 3 heteroatoms. The molecule has 0 unspecified atom stereocenters. The molecule has 0 atom stereocenters. The summed E-state index contributed by atoms with van der Waals surface area (Å²) in [7, 11) is 0. The van der Waals surface area contributed by atoms with Gasteiger partial charge in [0.2, 0.25) is 0 Å². The Labute approximate surface area is 88.4 Å². The quantitative estimate of drug-likeness (QED) is 0.711. The van der Waals surface area contributed by atoms with Crippen LogP contribution in [-0.4, -0.2) is 31.8 Å². The number of hydrogen-bond acceptors (Lipinski definition) is 3. The molecule has 0 bridgehead atoms. The first-order chi connectivity index (χ1) is 6.42. The van der Waals surface area contributed by atoms with Crippen LogP contribution in [0.3, 0.4) is 0 Å². The minimum atomic E-state index is 0.0220. The van der Waals surface area contributed by atoms with Crippen LogP contribution in [0.4, 0.5) is 0 Å². The zero-order chi connectivity index (χ0) is 11.0. The first-order valence-electron chi connectivity index (χ1n) is 5.49. The summed E-state index contributed by atoms with van der Waals surface area (Å²) in [5, 5.41) is 3.16. The van der Waals surface area contributed by atoms with Crippen molar-refractivity contribution in [1.82, 2.24) is 5.32 Å². The van der Waals surface area contributed by atoms with Crippen molar-refractivity contribution in [3.05, 3.63) is 0 Å². The van der Waals surface area contributed by atoms with Crippen LogP contribution in [0.2, 0.25) is 0 Å². The van der Waals surface area contributed by atoms with Crippen LogP contribution in [0.1, 0.15) is 34.1 Å². The monoisotopic (exact) mass is 202 g/mol. The second-order valence-electron chi connectivity index (χ2n) is 4.95. The number of nitrogens with two attached hydrogens (primary N) is 1. The Balaban J connectivity index is 0.000000249. The zero-order valence-corrected chi connectivity index (χ0v) is 10.1. The van der Waals surface area contributed by atoms with Crippen molar-refractivity contribution in [2.45, 2.75) is 39.7 Å². The number of nitrogens with one attached hydrogen (secondary N) is 1. The second kappa shape index (κ2) is 7.21. The van der Waals surface area contributed by atoms with Crippen LogP contribution in [0.5, 0.6) is 0 Å². The molecular weight excluding hydrogens is 176 g/mol. The molecule has 0 spiro atoms. The summed E-state index contributed by atoms with van der Waals surface area (Å²) < 4.78 is 5.01. The van der Waals surface area contributed by atoms with E-state index in [0.29, 0.717) is 0 Å². The van der Waals surface area contributed by atoms with E-state index in [1.807, 2.05) is 0 Å². The molecule has 0 amide bonds. The van der Waals surface area contributed by atoms with E-state index in [4.69, 9.17) is 10.5 Å². The van der Waals surface area contributed by atoms with E-state index in [1.54, 1.807) is 0 Å². The van der Waals surface area contributed by atoms with Crippen LogP contribution in [-0.2, 0) is 4.74 Å². The van der Waals surface area contributed by atoms with Crippen molar-refractivity contribution in [3.63, 3.8) is 0 Å². The van der Waals surface area contributed by atoms with Crippen molar-refractivity contribution in [2.24, 2.45) is 11.7 Å². The molecule has 3 nitrogen and oxygen atoms in total. The molecule has 86 valence electrons. The zero-order valence-electron chi connectivity index (χ0n) is 10.1. The molecule has 14 heavy (non-hydrogen) atoms. The maximum atomic E-state index is 5.74. The number of morpholine rings is 1. The Hall–Kier alpha value is -0.120. The molecule has 1 fully saturated rings. The summed E-state index contributed by atoms with van der Waals surface area (Å²) in [4.78, 5) is 0. The molecule has 0 aromatic heterocycles. The maximum absolute atomic E-state index is 5.74. The largest absolute Gasteiger partial charge is 0.379 e. The van der Waals surface area contributed by atoms with Crippen LogP contribution in [0.25, 0.3) is 0 Å². The molecular formula is C11H26N2O. The summed E-state index contributed by atoms with van der Waals surface area (Å²) in [5.74, 6) is 0.718. The highest BCUT2D eigenvalue weighted by Gasteiger charge is 2.11. The van der Waals surface area contributed by atoms with Crippen molar-refractivity contribution in [1.29, 1.82) is 0 Å². The van der Waals surface area contributed by atoms with Crippen molar-refractivity contribution < 1.29 is 4.74 Å². The lowest BCUT2D eigenvalue weighted by Crippen LogP contribution is -2.33. The Morgan fingerprint density at radius 1 is 1.29 bits per heavy atom. The van der Waals surface area contributed by atoms with E-state index in [2.05, 4.69) is 33.0 Å². The fourth-order valence-electron chi connectivity index (χ4n) is 1.57. The lowest BCUT2D eigenvalue weighted by atomic mass is 9.94. The molecule has 1 aliphatic rings. The van der Waals surface area contributed by atoms with E-state index >= 15 is 0 Å². The molecule has 0 saturated carbocycles. The number of rotatable bonds is 2. The third-order valence-corrected chi connectivity index (χ3v) is 1.78. The van der Waals surface area contributed by atoms with E-state index in [9.17, 15) is 0 Å². The van der Waals surface area contributed by atoms with Gasteiger partial charge in [-0.1, -0.05) is 13.8 Å². The van der Waals surface area contributed by atoms with Gasteiger partial charge in [0.1, 0.15) is 0 Å². The van der Waals surface area contributed by atoms with Gasteiger partial charge in [0.15, 0.2) is 0 Å². The number of hydrogen-bond donors (Lipinski definition) is 2. The van der Waals surface area contributed by atoms with Gasteiger partial charge >= 0.3 is 0 Å². The fourth-order valence-corrected chi connectivity index (χ4v) is 1.57. The van der Waals surface area contributed by atoms with Gasteiger partial charge in [-0.05, 0) is 26.2 Å². The Morgan fingerprint density at radius 2 is 1.79 bits per heavy atom. The third kappa shape index (κ3) is 11.9. The van der Waals surface area contributed by atoms with Crippen LogP contribution < -0.4 is 11.1 Å². The Morgan fingerprint density at radius 3 is 1.86 bits per heavy atom. The van der Waals surface area contributed by atoms with Crippen LogP contribution in [0.15, 0.2) is 0 Å². The second-order valence-corrected chi connectivity index (χ2v) is 4.95. The van der Waals surface area contributed by atoms with E-state index in [1.165, 1.54) is 0 Å². The first kappa shape index (κ1) is 13.9. The molecule has 0 aromatic rings. The van der Waals surface area contributed by atoms with Gasteiger partial charge in [0.05, 0.1) is 13.2 Å². The van der Waals surface area contributed by atoms with Crippen molar-refractivity contribution in [3.8, 4) is 0 Å². The average molecular weight is 202 g/mol. The molecule has 1 rings (SSSR count). The van der Waals surface area contributed by atoms with Gasteiger partial charge < -0.3 is 15.8 Å². The van der Waals surface area contributed by atoms with E-state index < -0.39 is 0 Å². The van der Waals surface area contributed by atoms with Gasteiger partial charge in [-0.2, -0.15) is 0 Å². The SMILES string of the molecule is C1COCCN1.CC(C)CC(C)(C)N. The lowest BCUT2D eigenvalue weighted by molar-refractivity contribution is 0.109. The van der Waals surface area contributed by atoms with Gasteiger partial charge in [0, 0.05) is 18.6 Å². The van der Waals surface area contributed by atoms with Gasteiger partial charge in [-0.15, -0.1) is 0 Å². The minimum Gasteiger partial charge on any atom is -0.379 e. The summed E-state index contributed by atoms with van der Waals surface area (Å²) in [5.41, 5.74) is 5.76. The van der Waals surface area contributed by atoms with Crippen molar-refractivity contribution >= 4 is 0 Å². The highest BCUT2D eigenvalue weighted by Crippen LogP contribution is 2.11. The van der Waals surface area contributed by atoms with Gasteiger partial charge in [-0.3, -0.25) is 0 Å². The predicted octanol–water partition coefficient (Wildman–Crippen LogP) is 1.38. The first-order valence-corrected chi connectivity index (χ1v) is 5.49. The molecule has 1 saturated heterocycles. The highest BCUT2D eigenvalue weighted by molar-refractivity contribution is 4.72. The molecule has 1 aliphatic heterocycles. The molecule has 3 N–H and O–H groups in total. The predicted molar refractivity (Wildman–Crippen MR) is 61.4 cm³/mol. The van der Waals surface area contributed by atoms with Gasteiger partial charge in [0.25, 0.3) is 0 Å². The normalized spacial score (nSPS) is 17.6. The third-order valence-electron chi connectivity index (χ3n) is 1.78. The highest BCUT2D eigenvalue weighted by atomic mass is 16.5. The van der Waals surface area contributed by atoms with Crippen molar-refractivity contribution in [2.75, 3.05) is 26.3 Å². The van der Waals surface area contributed by atoms with Gasteiger partial charge in [-0.25, -0.2) is 0 Å². The minimum absolute atomic E-state index is 0.0220. The standard InChI is InChI=1S/C7H17N.C4H9NO/c1-6(2)5-7(3,4)8;1-3-6-4-2-5-1/h6H,5,8H2,1-4H3;5H,1-4H2. The maximum Gasteiger partial charge on any atom is 0.0591 e. The molecule has 1 heterocycles. The van der Waals surface area contributed by atoms with Crippen LogP contribution >= 0.6 is 0 Å². The Bertz CT molecular complexity index is 114.